The average Bonchev–Trinajstić information content (AvgIpc) is 2.15. The van der Waals surface area contributed by atoms with Gasteiger partial charge in [0.25, 0.3) is 0 Å². The average molecular weight is 210 g/mol. The van der Waals surface area contributed by atoms with Crippen LogP contribution in [-0.4, -0.2) is 28.9 Å². The zero-order valence-corrected chi connectivity index (χ0v) is 8.73. The molecule has 1 aromatic carbocycles. The van der Waals surface area contributed by atoms with Gasteiger partial charge in [0.2, 0.25) is 0 Å². The molecular formula is C11H14O4. The summed E-state index contributed by atoms with van der Waals surface area (Å²) in [5.74, 6) is -0.481. The minimum absolute atomic E-state index is 0.157. The lowest BCUT2D eigenvalue weighted by Crippen LogP contribution is -2.14. The van der Waals surface area contributed by atoms with E-state index in [9.17, 15) is 4.79 Å². The Morgan fingerprint density at radius 2 is 2.20 bits per heavy atom. The van der Waals surface area contributed by atoms with Gasteiger partial charge in [0, 0.05) is 5.56 Å². The minimum Gasteiger partial charge on any atom is -0.491 e. The third kappa shape index (κ3) is 2.95. The summed E-state index contributed by atoms with van der Waals surface area (Å²) >= 11 is 0. The van der Waals surface area contributed by atoms with E-state index in [2.05, 4.69) is 0 Å². The van der Waals surface area contributed by atoms with Gasteiger partial charge in [-0.15, -0.1) is 0 Å². The van der Waals surface area contributed by atoms with Crippen molar-refractivity contribution in [1.82, 2.24) is 0 Å². The highest BCUT2D eigenvalue weighted by molar-refractivity contribution is 5.90. The Labute approximate surface area is 88.1 Å². The van der Waals surface area contributed by atoms with Gasteiger partial charge in [-0.25, -0.2) is 4.79 Å². The van der Waals surface area contributed by atoms with Gasteiger partial charge in [0.05, 0.1) is 11.7 Å². The maximum absolute atomic E-state index is 10.8. The first kappa shape index (κ1) is 11.5. The molecule has 0 spiro atoms. The van der Waals surface area contributed by atoms with Crippen LogP contribution in [0.5, 0.6) is 5.75 Å². The molecule has 0 radical (unpaired) electrons. The topological polar surface area (TPSA) is 66.8 Å². The number of carbonyl (C=O) groups is 1. The standard InChI is InChI=1S/C11H14O4/c1-7(12)6-15-10-5-3-4-9(8(10)2)11(13)14/h3-5,7,12H,6H2,1-2H3,(H,13,14). The lowest BCUT2D eigenvalue weighted by atomic mass is 10.1. The first-order valence-corrected chi connectivity index (χ1v) is 4.66. The summed E-state index contributed by atoms with van der Waals surface area (Å²) in [4.78, 5) is 10.8. The fraction of sp³-hybridized carbons (Fsp3) is 0.364. The highest BCUT2D eigenvalue weighted by Gasteiger charge is 2.11. The van der Waals surface area contributed by atoms with Gasteiger partial charge in [-0.2, -0.15) is 0 Å². The molecule has 1 atom stereocenters. The lowest BCUT2D eigenvalue weighted by molar-refractivity contribution is 0.0695. The third-order valence-electron chi connectivity index (χ3n) is 1.99. The van der Waals surface area contributed by atoms with E-state index >= 15 is 0 Å². The largest absolute Gasteiger partial charge is 0.491 e. The Hall–Kier alpha value is -1.55. The Morgan fingerprint density at radius 3 is 2.73 bits per heavy atom. The van der Waals surface area contributed by atoms with Crippen LogP contribution >= 0.6 is 0 Å². The van der Waals surface area contributed by atoms with E-state index in [0.29, 0.717) is 11.3 Å². The normalized spacial score (nSPS) is 12.2. The number of aliphatic hydroxyl groups is 1. The first-order chi connectivity index (χ1) is 7.02. The number of ether oxygens (including phenoxy) is 1. The van der Waals surface area contributed by atoms with Crippen molar-refractivity contribution in [2.75, 3.05) is 6.61 Å². The molecule has 0 fully saturated rings. The van der Waals surface area contributed by atoms with E-state index < -0.39 is 12.1 Å². The number of carboxylic acids is 1. The molecular weight excluding hydrogens is 196 g/mol. The highest BCUT2D eigenvalue weighted by atomic mass is 16.5. The number of rotatable bonds is 4. The predicted octanol–water partition coefficient (Wildman–Crippen LogP) is 1.45. The molecule has 2 N–H and O–H groups in total. The fourth-order valence-corrected chi connectivity index (χ4v) is 1.21. The maximum Gasteiger partial charge on any atom is 0.336 e. The molecule has 0 saturated carbocycles. The summed E-state index contributed by atoms with van der Waals surface area (Å²) in [6, 6.07) is 4.82. The van der Waals surface area contributed by atoms with Crippen molar-refractivity contribution >= 4 is 5.97 Å². The molecule has 1 unspecified atom stereocenters. The number of hydrogen-bond acceptors (Lipinski definition) is 3. The van der Waals surface area contributed by atoms with Crippen LogP contribution in [0.25, 0.3) is 0 Å². The van der Waals surface area contributed by atoms with E-state index in [1.165, 1.54) is 6.07 Å². The fourth-order valence-electron chi connectivity index (χ4n) is 1.21. The van der Waals surface area contributed by atoms with Gasteiger partial charge in [0.1, 0.15) is 12.4 Å². The van der Waals surface area contributed by atoms with Crippen LogP contribution in [0, 0.1) is 6.92 Å². The summed E-state index contributed by atoms with van der Waals surface area (Å²) in [5, 5.41) is 17.9. The predicted molar refractivity (Wildman–Crippen MR) is 55.3 cm³/mol. The van der Waals surface area contributed by atoms with Crippen LogP contribution in [0.3, 0.4) is 0 Å². The van der Waals surface area contributed by atoms with Gasteiger partial charge in [-0.05, 0) is 26.0 Å². The number of hydrogen-bond donors (Lipinski definition) is 2. The molecule has 1 rings (SSSR count). The van der Waals surface area contributed by atoms with Crippen LogP contribution in [0.4, 0.5) is 0 Å². The molecule has 4 heteroatoms. The molecule has 0 amide bonds. The Bertz CT molecular complexity index is 358. The van der Waals surface area contributed by atoms with Crippen LogP contribution < -0.4 is 4.74 Å². The molecule has 0 aliphatic heterocycles. The summed E-state index contributed by atoms with van der Waals surface area (Å²) in [6.07, 6.45) is -0.571. The zero-order valence-electron chi connectivity index (χ0n) is 8.73. The number of carboxylic acid groups (broad SMARTS) is 1. The summed E-state index contributed by atoms with van der Waals surface area (Å²) < 4.78 is 5.28. The highest BCUT2D eigenvalue weighted by Crippen LogP contribution is 2.21. The summed E-state index contributed by atoms with van der Waals surface area (Å²) in [7, 11) is 0. The van der Waals surface area contributed by atoms with Gasteiger partial charge >= 0.3 is 5.97 Å². The monoisotopic (exact) mass is 210 g/mol. The molecule has 82 valence electrons. The van der Waals surface area contributed by atoms with Crippen molar-refractivity contribution < 1.29 is 19.7 Å². The minimum atomic E-state index is -0.977. The number of aliphatic hydroxyl groups excluding tert-OH is 1. The summed E-state index contributed by atoms with van der Waals surface area (Å²) in [6.45, 7) is 3.45. The molecule has 4 nitrogen and oxygen atoms in total. The van der Waals surface area contributed by atoms with E-state index in [1.807, 2.05) is 0 Å². The van der Waals surface area contributed by atoms with Crippen LogP contribution in [-0.2, 0) is 0 Å². The van der Waals surface area contributed by atoms with Gasteiger partial charge in [0.15, 0.2) is 0 Å². The van der Waals surface area contributed by atoms with Crippen molar-refractivity contribution in [3.05, 3.63) is 29.3 Å². The molecule has 0 aliphatic carbocycles. The molecule has 0 aromatic heterocycles. The van der Waals surface area contributed by atoms with Crippen molar-refractivity contribution in [3.63, 3.8) is 0 Å². The van der Waals surface area contributed by atoms with Crippen molar-refractivity contribution in [2.24, 2.45) is 0 Å². The smallest absolute Gasteiger partial charge is 0.336 e. The summed E-state index contributed by atoms with van der Waals surface area (Å²) in [5.41, 5.74) is 0.795. The molecule has 15 heavy (non-hydrogen) atoms. The van der Waals surface area contributed by atoms with Crippen molar-refractivity contribution in [3.8, 4) is 5.75 Å². The van der Waals surface area contributed by atoms with Crippen LogP contribution in [0.1, 0.15) is 22.8 Å². The van der Waals surface area contributed by atoms with Crippen LogP contribution in [0.2, 0.25) is 0 Å². The Kier molecular flexibility index (Phi) is 3.68. The van der Waals surface area contributed by atoms with Gasteiger partial charge < -0.3 is 14.9 Å². The Morgan fingerprint density at radius 1 is 1.53 bits per heavy atom. The Balaban J connectivity index is 2.89. The second-order valence-corrected chi connectivity index (χ2v) is 3.39. The second kappa shape index (κ2) is 4.79. The van der Waals surface area contributed by atoms with Crippen molar-refractivity contribution in [2.45, 2.75) is 20.0 Å². The first-order valence-electron chi connectivity index (χ1n) is 4.66. The molecule has 0 heterocycles. The SMILES string of the molecule is Cc1c(OCC(C)O)cccc1C(=O)O. The van der Waals surface area contributed by atoms with Crippen LogP contribution in [0.15, 0.2) is 18.2 Å². The van der Waals surface area contributed by atoms with E-state index in [0.717, 1.165) is 0 Å². The van der Waals surface area contributed by atoms with E-state index in [-0.39, 0.29) is 12.2 Å². The number of benzene rings is 1. The maximum atomic E-state index is 10.8. The van der Waals surface area contributed by atoms with E-state index in [4.69, 9.17) is 14.9 Å². The van der Waals surface area contributed by atoms with E-state index in [1.54, 1.807) is 26.0 Å². The second-order valence-electron chi connectivity index (χ2n) is 3.39. The molecule has 1 aromatic rings. The number of aromatic carboxylic acids is 1. The zero-order chi connectivity index (χ0) is 11.4. The molecule has 0 saturated heterocycles. The third-order valence-corrected chi connectivity index (χ3v) is 1.99. The quantitative estimate of drug-likeness (QED) is 0.789. The lowest BCUT2D eigenvalue weighted by Gasteiger charge is -2.11. The van der Waals surface area contributed by atoms with Gasteiger partial charge in [-0.3, -0.25) is 0 Å². The molecule has 0 bridgehead atoms. The van der Waals surface area contributed by atoms with Crippen molar-refractivity contribution in [1.29, 1.82) is 0 Å². The molecule has 0 aliphatic rings. The van der Waals surface area contributed by atoms with Gasteiger partial charge in [-0.1, -0.05) is 6.07 Å².